The Morgan fingerprint density at radius 1 is 1.30 bits per heavy atom. The number of hydrogen-bond acceptors (Lipinski definition) is 5. The molecule has 1 atom stereocenters. The Balaban J connectivity index is 1.50. The number of pyridine rings is 1. The van der Waals surface area contributed by atoms with E-state index in [4.69, 9.17) is 9.15 Å². The second kappa shape index (κ2) is 8.12. The molecular weight excluding hydrogens is 382 g/mol. The van der Waals surface area contributed by atoms with Crippen LogP contribution in [0.4, 0.5) is 5.82 Å². The summed E-state index contributed by atoms with van der Waals surface area (Å²) in [5.41, 5.74) is 3.38. The highest BCUT2D eigenvalue weighted by Crippen LogP contribution is 2.31. The van der Waals surface area contributed by atoms with Gasteiger partial charge in [-0.05, 0) is 37.6 Å². The molecular formula is C23H23N3O4. The van der Waals surface area contributed by atoms with Crippen molar-refractivity contribution in [3.05, 3.63) is 65.1 Å². The van der Waals surface area contributed by atoms with Gasteiger partial charge in [-0.15, -0.1) is 0 Å². The lowest BCUT2D eigenvalue weighted by Crippen LogP contribution is -2.28. The van der Waals surface area contributed by atoms with Crippen molar-refractivity contribution in [2.75, 3.05) is 19.0 Å². The minimum Gasteiger partial charge on any atom is -0.459 e. The van der Waals surface area contributed by atoms with E-state index in [0.717, 1.165) is 33.4 Å². The van der Waals surface area contributed by atoms with E-state index in [9.17, 15) is 9.59 Å². The van der Waals surface area contributed by atoms with E-state index in [-0.39, 0.29) is 24.5 Å². The molecule has 0 radical (unpaired) electrons. The number of nitrogens with zero attached hydrogens (tertiary/aromatic N) is 2. The summed E-state index contributed by atoms with van der Waals surface area (Å²) >= 11 is 0. The summed E-state index contributed by atoms with van der Waals surface area (Å²) in [5, 5.41) is 3.75. The van der Waals surface area contributed by atoms with Crippen molar-refractivity contribution in [1.82, 2.24) is 9.88 Å². The van der Waals surface area contributed by atoms with Gasteiger partial charge < -0.3 is 19.4 Å². The standard InChI is InChI=1S/C23H23N3O4/c1-14-18-6-4-5-7-19(18)30-22(14)15(2)26(3)21(28)9-8-16-10-17-12-29-13-20(27)25-23(17)24-11-16/h4-11,15H,12-13H2,1-3H3,(H,24,25,27). The Morgan fingerprint density at radius 2 is 2.10 bits per heavy atom. The summed E-state index contributed by atoms with van der Waals surface area (Å²) in [6.07, 6.45) is 4.83. The number of fused-ring (bicyclic) bond motifs is 2. The molecule has 30 heavy (non-hydrogen) atoms. The minimum atomic E-state index is -0.226. The Labute approximate surface area is 174 Å². The lowest BCUT2D eigenvalue weighted by Gasteiger charge is -2.22. The van der Waals surface area contributed by atoms with Crippen LogP contribution in [0.1, 0.15) is 35.4 Å². The van der Waals surface area contributed by atoms with E-state index in [0.29, 0.717) is 12.4 Å². The molecule has 0 saturated carbocycles. The molecule has 7 nitrogen and oxygen atoms in total. The number of carbonyl (C=O) groups excluding carboxylic acids is 2. The van der Waals surface area contributed by atoms with Crippen molar-refractivity contribution in [1.29, 1.82) is 0 Å². The molecule has 0 aliphatic carbocycles. The SMILES string of the molecule is Cc1c(C(C)N(C)C(=O)C=Cc2cnc3c(c2)COCC(=O)N3)oc2ccccc12. The highest BCUT2D eigenvalue weighted by molar-refractivity contribution is 5.93. The first kappa shape index (κ1) is 19.8. The Bertz CT molecular complexity index is 1150. The summed E-state index contributed by atoms with van der Waals surface area (Å²) in [5.74, 6) is 0.894. The molecule has 4 rings (SSSR count). The second-order valence-corrected chi connectivity index (χ2v) is 7.36. The lowest BCUT2D eigenvalue weighted by molar-refractivity contribution is -0.126. The first-order valence-electron chi connectivity index (χ1n) is 9.73. The van der Waals surface area contributed by atoms with Crippen molar-refractivity contribution in [3.63, 3.8) is 0 Å². The molecule has 0 spiro atoms. The summed E-state index contributed by atoms with van der Waals surface area (Å²) in [4.78, 5) is 30.2. The number of ether oxygens (including phenoxy) is 1. The number of benzene rings is 1. The maximum Gasteiger partial charge on any atom is 0.251 e. The van der Waals surface area contributed by atoms with Crippen LogP contribution in [0, 0.1) is 6.92 Å². The number of anilines is 1. The van der Waals surface area contributed by atoms with Gasteiger partial charge in [0.15, 0.2) is 0 Å². The van der Waals surface area contributed by atoms with E-state index in [1.807, 2.05) is 44.2 Å². The number of amides is 2. The summed E-state index contributed by atoms with van der Waals surface area (Å²) < 4.78 is 11.3. The number of furan rings is 1. The smallest absolute Gasteiger partial charge is 0.251 e. The summed E-state index contributed by atoms with van der Waals surface area (Å²) in [6.45, 7) is 4.25. The average Bonchev–Trinajstić information content (AvgIpc) is 2.96. The van der Waals surface area contributed by atoms with Gasteiger partial charge in [0.05, 0.1) is 12.6 Å². The van der Waals surface area contributed by atoms with Crippen LogP contribution in [0.3, 0.4) is 0 Å². The molecule has 1 aliphatic heterocycles. The van der Waals surface area contributed by atoms with Crippen molar-refractivity contribution in [2.24, 2.45) is 0 Å². The number of hydrogen-bond donors (Lipinski definition) is 1. The number of carbonyl (C=O) groups is 2. The minimum absolute atomic E-state index is 0.00388. The van der Waals surface area contributed by atoms with Crippen LogP contribution in [-0.2, 0) is 20.9 Å². The second-order valence-electron chi connectivity index (χ2n) is 7.36. The Hall–Kier alpha value is -3.45. The Kier molecular flexibility index (Phi) is 5.37. The van der Waals surface area contributed by atoms with Crippen molar-refractivity contribution >= 4 is 34.7 Å². The zero-order chi connectivity index (χ0) is 21.3. The van der Waals surface area contributed by atoms with Gasteiger partial charge in [0.2, 0.25) is 5.91 Å². The Morgan fingerprint density at radius 3 is 2.90 bits per heavy atom. The fraction of sp³-hybridized carbons (Fsp3) is 0.261. The molecule has 1 unspecified atom stereocenters. The quantitative estimate of drug-likeness (QED) is 0.667. The number of likely N-dealkylation sites (N-methyl/N-ethyl adjacent to an activating group) is 1. The highest BCUT2D eigenvalue weighted by atomic mass is 16.5. The predicted octanol–water partition coefficient (Wildman–Crippen LogP) is 3.84. The molecule has 0 bridgehead atoms. The van der Waals surface area contributed by atoms with Crippen LogP contribution in [0.15, 0.2) is 47.0 Å². The van der Waals surface area contributed by atoms with Gasteiger partial charge in [-0.3, -0.25) is 9.59 Å². The molecule has 3 heterocycles. The maximum atomic E-state index is 12.7. The molecule has 0 fully saturated rings. The van der Waals surface area contributed by atoms with Gasteiger partial charge in [-0.1, -0.05) is 18.2 Å². The van der Waals surface area contributed by atoms with Gasteiger partial charge in [0, 0.05) is 35.8 Å². The largest absolute Gasteiger partial charge is 0.459 e. The van der Waals surface area contributed by atoms with Crippen LogP contribution < -0.4 is 5.32 Å². The van der Waals surface area contributed by atoms with Gasteiger partial charge in [-0.2, -0.15) is 0 Å². The van der Waals surface area contributed by atoms with E-state index in [1.165, 1.54) is 6.08 Å². The summed E-state index contributed by atoms with van der Waals surface area (Å²) in [7, 11) is 1.75. The number of para-hydroxylation sites is 1. The molecule has 1 aliphatic rings. The molecule has 1 N–H and O–H groups in total. The predicted molar refractivity (Wildman–Crippen MR) is 114 cm³/mol. The van der Waals surface area contributed by atoms with Crippen molar-refractivity contribution < 1.29 is 18.7 Å². The third-order valence-corrected chi connectivity index (χ3v) is 5.34. The number of rotatable bonds is 4. The number of nitrogens with one attached hydrogen (secondary N) is 1. The molecule has 2 aromatic heterocycles. The molecule has 0 saturated heterocycles. The van der Waals surface area contributed by atoms with Crippen molar-refractivity contribution in [2.45, 2.75) is 26.5 Å². The highest BCUT2D eigenvalue weighted by Gasteiger charge is 2.22. The summed E-state index contributed by atoms with van der Waals surface area (Å²) in [6, 6.07) is 9.49. The maximum absolute atomic E-state index is 12.7. The first-order valence-corrected chi connectivity index (χ1v) is 9.73. The molecule has 1 aromatic carbocycles. The van der Waals surface area contributed by atoms with Gasteiger partial charge in [-0.25, -0.2) is 4.98 Å². The topological polar surface area (TPSA) is 84.7 Å². The number of aromatic nitrogens is 1. The zero-order valence-corrected chi connectivity index (χ0v) is 17.1. The monoisotopic (exact) mass is 405 g/mol. The lowest BCUT2D eigenvalue weighted by atomic mass is 10.1. The fourth-order valence-electron chi connectivity index (χ4n) is 3.51. The molecule has 3 aromatic rings. The number of aryl methyl sites for hydroxylation is 1. The molecule has 7 heteroatoms. The average molecular weight is 405 g/mol. The fourth-order valence-corrected chi connectivity index (χ4v) is 3.51. The van der Waals surface area contributed by atoms with Crippen LogP contribution in [0.5, 0.6) is 0 Å². The molecule has 154 valence electrons. The van der Waals surface area contributed by atoms with Crippen LogP contribution in [0.25, 0.3) is 17.0 Å². The van der Waals surface area contributed by atoms with Crippen molar-refractivity contribution in [3.8, 4) is 0 Å². The van der Waals surface area contributed by atoms with E-state index in [2.05, 4.69) is 10.3 Å². The van der Waals surface area contributed by atoms with Crippen LogP contribution in [-0.4, -0.2) is 35.4 Å². The third kappa shape index (κ3) is 3.84. The first-order chi connectivity index (χ1) is 14.4. The molecule has 2 amide bonds. The third-order valence-electron chi connectivity index (χ3n) is 5.34. The van der Waals surface area contributed by atoms with Gasteiger partial charge in [0.1, 0.15) is 23.8 Å². The zero-order valence-electron chi connectivity index (χ0n) is 17.1. The normalized spacial score (nSPS) is 15.0. The van der Waals surface area contributed by atoms with E-state index >= 15 is 0 Å². The van der Waals surface area contributed by atoms with E-state index in [1.54, 1.807) is 24.2 Å². The van der Waals surface area contributed by atoms with Gasteiger partial charge in [0.25, 0.3) is 5.91 Å². The van der Waals surface area contributed by atoms with Gasteiger partial charge >= 0.3 is 0 Å². The van der Waals surface area contributed by atoms with Crippen LogP contribution in [0.2, 0.25) is 0 Å². The van der Waals surface area contributed by atoms with Crippen LogP contribution >= 0.6 is 0 Å². The van der Waals surface area contributed by atoms with E-state index < -0.39 is 0 Å².